The topological polar surface area (TPSA) is 180 Å². The maximum absolute atomic E-state index is 12.3. The Bertz CT molecular complexity index is 1680. The van der Waals surface area contributed by atoms with Crippen molar-refractivity contribution in [2.24, 2.45) is 0 Å². The highest BCUT2D eigenvalue weighted by Gasteiger charge is 2.48. The van der Waals surface area contributed by atoms with Crippen molar-refractivity contribution >= 4 is 23.6 Å². The second-order valence-corrected chi connectivity index (χ2v) is 13.8. The summed E-state index contributed by atoms with van der Waals surface area (Å²) < 4.78 is 18.0. The van der Waals surface area contributed by atoms with Crippen LogP contribution in [0.1, 0.15) is 60.8 Å². The number of aliphatic hydroxyl groups excluding tert-OH is 3. The predicted molar refractivity (Wildman–Crippen MR) is 184 cm³/mol. The summed E-state index contributed by atoms with van der Waals surface area (Å²) in [4.78, 5) is 28.0. The summed E-state index contributed by atoms with van der Waals surface area (Å²) in [6, 6.07) is 13.7. The number of nitrogens with zero attached hydrogens (tertiary/aromatic N) is 1. The van der Waals surface area contributed by atoms with Crippen LogP contribution in [0.2, 0.25) is 5.02 Å². The summed E-state index contributed by atoms with van der Waals surface area (Å²) in [5.41, 5.74) is 5.89. The van der Waals surface area contributed by atoms with Gasteiger partial charge >= 0.3 is 12.0 Å². The largest absolute Gasteiger partial charge is 0.490 e. The molecule has 6 rings (SSSR count). The third-order valence-corrected chi connectivity index (χ3v) is 9.95. The highest BCUT2D eigenvalue weighted by Crippen LogP contribution is 2.53. The van der Waals surface area contributed by atoms with Gasteiger partial charge in [-0.2, -0.15) is 0 Å². The van der Waals surface area contributed by atoms with Crippen molar-refractivity contribution in [3.05, 3.63) is 82.1 Å². The molecule has 0 radical (unpaired) electrons. The van der Waals surface area contributed by atoms with Crippen molar-refractivity contribution in [3.8, 4) is 16.9 Å². The van der Waals surface area contributed by atoms with Gasteiger partial charge in [0.2, 0.25) is 0 Å². The molecule has 2 saturated carbocycles. The quantitative estimate of drug-likeness (QED) is 0.126. The first kappa shape index (κ1) is 36.0. The molecule has 12 nitrogen and oxygen atoms in total. The Labute approximate surface area is 295 Å². The van der Waals surface area contributed by atoms with Gasteiger partial charge in [0.25, 0.3) is 0 Å². The maximum atomic E-state index is 12.3. The number of carbonyl (C=O) groups excluding carboxylic acids is 1. The van der Waals surface area contributed by atoms with E-state index < -0.39 is 48.1 Å². The number of nitrogens with one attached hydrogen (secondary N) is 2. The van der Waals surface area contributed by atoms with E-state index in [2.05, 4.69) is 34.7 Å². The highest BCUT2D eigenvalue weighted by atomic mass is 35.5. The number of unbranched alkanes of at least 4 members (excludes halogenated alkanes) is 1. The number of amides is 2. The molecule has 13 heteroatoms. The zero-order valence-corrected chi connectivity index (χ0v) is 28.6. The Morgan fingerprint density at radius 2 is 1.78 bits per heavy atom. The van der Waals surface area contributed by atoms with Gasteiger partial charge in [0.15, 0.2) is 6.10 Å². The maximum Gasteiger partial charge on any atom is 0.335 e. The van der Waals surface area contributed by atoms with Crippen molar-refractivity contribution in [1.82, 2.24) is 15.6 Å². The second-order valence-electron chi connectivity index (χ2n) is 13.4. The molecule has 1 saturated heterocycles. The van der Waals surface area contributed by atoms with E-state index in [4.69, 9.17) is 25.8 Å². The molecule has 3 fully saturated rings. The average Bonchev–Trinajstić information content (AvgIpc) is 4.05. The summed E-state index contributed by atoms with van der Waals surface area (Å²) >= 11 is 6.77. The molecule has 50 heavy (non-hydrogen) atoms. The monoisotopic (exact) mass is 709 g/mol. The number of aryl methyl sites for hydroxylation is 2. The van der Waals surface area contributed by atoms with Crippen LogP contribution in [0.25, 0.3) is 11.1 Å². The number of aliphatic hydroxyl groups is 3. The summed E-state index contributed by atoms with van der Waals surface area (Å²) in [6.07, 6.45) is 2.27. The van der Waals surface area contributed by atoms with Crippen molar-refractivity contribution in [2.45, 2.75) is 101 Å². The zero-order valence-electron chi connectivity index (χ0n) is 27.9. The number of urea groups is 1. The van der Waals surface area contributed by atoms with Crippen molar-refractivity contribution in [2.75, 3.05) is 13.1 Å². The molecule has 3 aliphatic rings. The van der Waals surface area contributed by atoms with E-state index in [9.17, 15) is 30.0 Å². The van der Waals surface area contributed by atoms with Crippen LogP contribution in [0.3, 0.4) is 0 Å². The predicted octanol–water partition coefficient (Wildman–Crippen LogP) is 4.01. The molecular formula is C37H44ClN3O9. The van der Waals surface area contributed by atoms with Gasteiger partial charge in [-0.25, -0.2) is 9.59 Å². The van der Waals surface area contributed by atoms with Crippen molar-refractivity contribution < 1.29 is 44.2 Å². The molecule has 5 atom stereocenters. The fourth-order valence-electron chi connectivity index (χ4n) is 6.35. The first-order valence-corrected chi connectivity index (χ1v) is 17.5. The van der Waals surface area contributed by atoms with Gasteiger partial charge in [0.05, 0.1) is 18.3 Å². The molecular weight excluding hydrogens is 666 g/mol. The van der Waals surface area contributed by atoms with Crippen LogP contribution < -0.4 is 15.4 Å². The van der Waals surface area contributed by atoms with E-state index >= 15 is 0 Å². The van der Waals surface area contributed by atoms with Gasteiger partial charge in [-0.15, -0.1) is 0 Å². The van der Waals surface area contributed by atoms with E-state index in [1.165, 1.54) is 0 Å². The lowest BCUT2D eigenvalue weighted by Gasteiger charge is -2.38. The Morgan fingerprint density at radius 3 is 2.52 bits per heavy atom. The van der Waals surface area contributed by atoms with Crippen LogP contribution in [-0.2, 0) is 32.9 Å². The molecule has 3 aromatic rings. The highest BCUT2D eigenvalue weighted by molar-refractivity contribution is 6.31. The molecule has 0 unspecified atom stereocenters. The van der Waals surface area contributed by atoms with E-state index in [0.29, 0.717) is 30.7 Å². The number of para-hydroxylation sites is 1. The van der Waals surface area contributed by atoms with Gasteiger partial charge in [-0.05, 0) is 92.3 Å². The Hall–Kier alpha value is -3.78. The number of rotatable bonds is 15. The number of carboxylic acids is 1. The van der Waals surface area contributed by atoms with E-state index in [-0.39, 0.29) is 6.54 Å². The smallest absolute Gasteiger partial charge is 0.335 e. The molecule has 0 bridgehead atoms. The standard InChI is InChI=1S/C37H44ClN3O9/c1-21-16-23(20-48-37(12-13-37)27-18-39-15-11-25(27)26-7-2-3-8-29(26)49-24-9-10-24)28(38)17-22(21)6-4-5-14-40-36(47)41-19-30-31(42)32(43)33(44)34(50-30)35(45)46/h2-3,7-8,11,15-18,24,30-34,42-44H,4-6,9-10,12-14,19-20H2,1H3,(H,45,46)(H2,40,41,47)/t30-,31-,32+,33-,34-/m0/s1. The third kappa shape index (κ3) is 8.39. The van der Waals surface area contributed by atoms with Crippen molar-refractivity contribution in [1.29, 1.82) is 0 Å². The summed E-state index contributed by atoms with van der Waals surface area (Å²) in [6.45, 7) is 2.55. The van der Waals surface area contributed by atoms with Gasteiger partial charge in [0, 0.05) is 41.6 Å². The SMILES string of the molecule is Cc1cc(COC2(c3cnccc3-c3ccccc3OC3CC3)CC2)c(Cl)cc1CCCCNC(=O)NC[C@@H]1O[C@H](C(=O)O)[C@@H](O)[C@H](O)[C@H]1O. The minimum absolute atomic E-state index is 0.248. The zero-order chi connectivity index (χ0) is 35.4. The number of aliphatic carboxylic acids is 1. The lowest BCUT2D eigenvalue weighted by Crippen LogP contribution is -2.62. The van der Waals surface area contributed by atoms with E-state index in [1.54, 1.807) is 0 Å². The van der Waals surface area contributed by atoms with Crippen LogP contribution >= 0.6 is 11.6 Å². The Balaban J connectivity index is 0.972. The Morgan fingerprint density at radius 1 is 1.00 bits per heavy atom. The summed E-state index contributed by atoms with van der Waals surface area (Å²) in [5.74, 6) is -0.589. The molecule has 2 heterocycles. The van der Waals surface area contributed by atoms with Crippen LogP contribution in [0.4, 0.5) is 4.79 Å². The average molecular weight is 710 g/mol. The number of benzene rings is 2. The number of carbonyl (C=O) groups is 2. The number of carboxylic acid groups (broad SMARTS) is 1. The fourth-order valence-corrected chi connectivity index (χ4v) is 6.60. The molecule has 0 spiro atoms. The van der Waals surface area contributed by atoms with Gasteiger partial charge in [0.1, 0.15) is 30.2 Å². The van der Waals surface area contributed by atoms with E-state index in [0.717, 1.165) is 77.7 Å². The first-order chi connectivity index (χ1) is 24.1. The van der Waals surface area contributed by atoms with Crippen LogP contribution in [-0.4, -0.2) is 87.1 Å². The number of halogens is 1. The summed E-state index contributed by atoms with van der Waals surface area (Å²) in [7, 11) is 0. The first-order valence-electron chi connectivity index (χ1n) is 17.1. The molecule has 2 aliphatic carbocycles. The number of hydrogen-bond donors (Lipinski definition) is 6. The fraction of sp³-hybridized carbons (Fsp3) is 0.486. The minimum Gasteiger partial charge on any atom is -0.490 e. The molecule has 268 valence electrons. The second kappa shape index (κ2) is 15.6. The molecule has 2 aromatic carbocycles. The Kier molecular flexibility index (Phi) is 11.3. The number of ether oxygens (including phenoxy) is 3. The number of pyridine rings is 1. The number of hydrogen-bond acceptors (Lipinski definition) is 9. The lowest BCUT2D eigenvalue weighted by atomic mass is 9.95. The molecule has 2 amide bonds. The van der Waals surface area contributed by atoms with Crippen LogP contribution in [0, 0.1) is 6.92 Å². The van der Waals surface area contributed by atoms with Crippen molar-refractivity contribution in [3.63, 3.8) is 0 Å². The van der Waals surface area contributed by atoms with Crippen LogP contribution in [0.5, 0.6) is 5.75 Å². The van der Waals surface area contributed by atoms with Gasteiger partial charge in [-0.3, -0.25) is 4.98 Å². The van der Waals surface area contributed by atoms with Crippen LogP contribution in [0.15, 0.2) is 54.9 Å². The normalized spacial score (nSPS) is 24.0. The summed E-state index contributed by atoms with van der Waals surface area (Å²) in [5, 5.41) is 44.9. The lowest BCUT2D eigenvalue weighted by molar-refractivity contribution is -0.226. The van der Waals surface area contributed by atoms with Gasteiger partial charge in [-0.1, -0.05) is 35.9 Å². The van der Waals surface area contributed by atoms with Gasteiger partial charge < -0.3 is 45.3 Å². The molecule has 6 N–H and O–H groups in total. The minimum atomic E-state index is -1.78. The van der Waals surface area contributed by atoms with E-state index in [1.807, 2.05) is 42.7 Å². The molecule has 1 aromatic heterocycles. The molecule has 1 aliphatic heterocycles. The third-order valence-electron chi connectivity index (χ3n) is 9.60. The number of aromatic nitrogens is 1.